The Kier molecular flexibility index (Phi) is 3.07. The lowest BCUT2D eigenvalue weighted by molar-refractivity contribution is 0.918. The van der Waals surface area contributed by atoms with Gasteiger partial charge in [0.05, 0.1) is 5.02 Å². The second-order valence-corrected chi connectivity index (χ2v) is 4.51. The average molecular weight is 242 g/mol. The molecule has 0 spiro atoms. The highest BCUT2D eigenvalue weighted by atomic mass is 35.5. The lowest BCUT2D eigenvalue weighted by Gasteiger charge is -2.09. The van der Waals surface area contributed by atoms with E-state index in [0.717, 1.165) is 11.4 Å². The average Bonchev–Trinajstić information content (AvgIpc) is 2.95. The van der Waals surface area contributed by atoms with Crippen LogP contribution in [0, 0.1) is 6.92 Å². The summed E-state index contributed by atoms with van der Waals surface area (Å²) in [4.78, 5) is 4.14. The van der Waals surface area contributed by atoms with Crippen molar-refractivity contribution in [2.24, 2.45) is 0 Å². The first kappa shape index (κ1) is 10.6. The van der Waals surface area contributed by atoms with E-state index in [4.69, 9.17) is 23.8 Å². The first-order valence-electron chi connectivity index (χ1n) is 4.85. The van der Waals surface area contributed by atoms with Gasteiger partial charge in [0.25, 0.3) is 0 Å². The molecule has 2 rings (SSSR count). The maximum atomic E-state index is 5.87. The Morgan fingerprint density at radius 1 is 1.60 bits per heavy atom. The van der Waals surface area contributed by atoms with Gasteiger partial charge in [-0.15, -0.1) is 0 Å². The number of rotatable bonds is 2. The van der Waals surface area contributed by atoms with Crippen LogP contribution in [0.25, 0.3) is 0 Å². The summed E-state index contributed by atoms with van der Waals surface area (Å²) in [7, 11) is 0. The molecule has 0 atom stereocenters. The summed E-state index contributed by atoms with van der Waals surface area (Å²) < 4.78 is 0. The van der Waals surface area contributed by atoms with Crippen LogP contribution in [0.5, 0.6) is 0 Å². The highest BCUT2D eigenvalue weighted by molar-refractivity contribution is 7.80. The van der Waals surface area contributed by atoms with Gasteiger partial charge in [-0.25, -0.2) is 4.98 Å². The van der Waals surface area contributed by atoms with E-state index in [-0.39, 0.29) is 0 Å². The minimum absolute atomic E-state index is 0.554. The van der Waals surface area contributed by atoms with Crippen LogP contribution in [-0.4, -0.2) is 16.1 Å². The normalized spacial score (nSPS) is 14.8. The summed E-state index contributed by atoms with van der Waals surface area (Å²) in [5.74, 6) is 0.732. The first-order valence-corrected chi connectivity index (χ1v) is 5.63. The monoisotopic (exact) mass is 241 g/mol. The van der Waals surface area contributed by atoms with Crippen LogP contribution >= 0.6 is 23.8 Å². The number of hydrogen-bond donors (Lipinski definition) is 2. The van der Waals surface area contributed by atoms with Crippen LogP contribution in [0.15, 0.2) is 12.3 Å². The number of hydrogen-bond acceptors (Lipinski definition) is 2. The zero-order valence-electron chi connectivity index (χ0n) is 8.38. The van der Waals surface area contributed by atoms with Crippen LogP contribution in [0.1, 0.15) is 18.4 Å². The highest BCUT2D eigenvalue weighted by Crippen LogP contribution is 2.19. The molecule has 0 aliphatic heterocycles. The number of thiocarbonyl (C=S) groups is 1. The number of nitrogens with one attached hydrogen (secondary N) is 2. The lowest BCUT2D eigenvalue weighted by atomic mass is 10.3. The maximum Gasteiger partial charge on any atom is 0.172 e. The molecule has 0 unspecified atom stereocenters. The number of nitrogens with zero attached hydrogens (tertiary/aromatic N) is 1. The van der Waals surface area contributed by atoms with Gasteiger partial charge in [0.1, 0.15) is 5.82 Å². The Bertz CT molecular complexity index is 390. The summed E-state index contributed by atoms with van der Waals surface area (Å²) in [5.41, 5.74) is 0.989. The molecular weight excluding hydrogens is 230 g/mol. The van der Waals surface area contributed by atoms with Crippen molar-refractivity contribution in [3.05, 3.63) is 22.8 Å². The highest BCUT2D eigenvalue weighted by Gasteiger charge is 2.21. The third-order valence-corrected chi connectivity index (χ3v) is 2.82. The van der Waals surface area contributed by atoms with Crippen LogP contribution in [0.3, 0.4) is 0 Å². The molecule has 1 aromatic heterocycles. The quantitative estimate of drug-likeness (QED) is 0.781. The van der Waals surface area contributed by atoms with Gasteiger partial charge in [-0.2, -0.15) is 0 Å². The molecule has 1 fully saturated rings. The molecule has 0 bridgehead atoms. The lowest BCUT2D eigenvalue weighted by Crippen LogP contribution is -2.30. The van der Waals surface area contributed by atoms with Crippen LogP contribution in [0.2, 0.25) is 5.02 Å². The van der Waals surface area contributed by atoms with E-state index in [0.29, 0.717) is 16.2 Å². The molecule has 1 aliphatic rings. The first-order chi connectivity index (χ1) is 7.15. The number of aromatic nitrogens is 1. The molecule has 0 amide bonds. The molecule has 3 nitrogen and oxygen atoms in total. The molecule has 0 radical (unpaired) electrons. The Hall–Kier alpha value is -0.870. The Labute approximate surface area is 99.2 Å². The third-order valence-electron chi connectivity index (χ3n) is 2.20. The van der Waals surface area contributed by atoms with Crippen molar-refractivity contribution in [3.63, 3.8) is 0 Å². The van der Waals surface area contributed by atoms with Crippen molar-refractivity contribution in [2.45, 2.75) is 25.8 Å². The predicted octanol–water partition coefficient (Wildman–Crippen LogP) is 2.49. The number of pyridine rings is 1. The molecule has 5 heteroatoms. The van der Waals surface area contributed by atoms with Crippen molar-refractivity contribution in [1.29, 1.82) is 0 Å². The van der Waals surface area contributed by atoms with Crippen LogP contribution in [-0.2, 0) is 0 Å². The SMILES string of the molecule is Cc1cc(NC(=S)NC2CC2)ncc1Cl. The van der Waals surface area contributed by atoms with E-state index in [2.05, 4.69) is 15.6 Å². The summed E-state index contributed by atoms with van der Waals surface area (Å²) in [6.07, 6.45) is 4.03. The second kappa shape index (κ2) is 4.33. The second-order valence-electron chi connectivity index (χ2n) is 3.69. The number of halogens is 1. The van der Waals surface area contributed by atoms with Crippen molar-refractivity contribution in [2.75, 3.05) is 5.32 Å². The molecule has 2 N–H and O–H groups in total. The van der Waals surface area contributed by atoms with Crippen molar-refractivity contribution < 1.29 is 0 Å². The number of aryl methyl sites for hydroxylation is 1. The zero-order valence-corrected chi connectivity index (χ0v) is 9.95. The molecule has 1 aliphatic carbocycles. The summed E-state index contributed by atoms with van der Waals surface area (Å²) in [6, 6.07) is 2.43. The van der Waals surface area contributed by atoms with Crippen molar-refractivity contribution in [1.82, 2.24) is 10.3 Å². The van der Waals surface area contributed by atoms with Gasteiger partial charge < -0.3 is 10.6 Å². The van der Waals surface area contributed by atoms with E-state index >= 15 is 0 Å². The Morgan fingerprint density at radius 3 is 2.93 bits per heavy atom. The molecule has 15 heavy (non-hydrogen) atoms. The smallest absolute Gasteiger partial charge is 0.172 e. The molecule has 1 saturated carbocycles. The van der Waals surface area contributed by atoms with E-state index in [1.54, 1.807) is 6.20 Å². The van der Waals surface area contributed by atoms with Gasteiger partial charge in [-0.05, 0) is 43.6 Å². The molecular formula is C10H12ClN3S. The van der Waals surface area contributed by atoms with E-state index in [1.807, 2.05) is 13.0 Å². The van der Waals surface area contributed by atoms with Crippen LogP contribution < -0.4 is 10.6 Å². The van der Waals surface area contributed by atoms with Crippen molar-refractivity contribution in [3.8, 4) is 0 Å². The Morgan fingerprint density at radius 2 is 2.33 bits per heavy atom. The van der Waals surface area contributed by atoms with Crippen molar-refractivity contribution >= 4 is 34.7 Å². The minimum atomic E-state index is 0.554. The van der Waals surface area contributed by atoms with Gasteiger partial charge in [-0.1, -0.05) is 11.6 Å². The van der Waals surface area contributed by atoms with Crippen LogP contribution in [0.4, 0.5) is 5.82 Å². The fourth-order valence-electron chi connectivity index (χ4n) is 1.17. The largest absolute Gasteiger partial charge is 0.360 e. The molecule has 80 valence electrons. The summed E-state index contributed by atoms with van der Waals surface area (Å²) in [5, 5.41) is 7.52. The van der Waals surface area contributed by atoms with E-state index < -0.39 is 0 Å². The van der Waals surface area contributed by atoms with E-state index in [9.17, 15) is 0 Å². The van der Waals surface area contributed by atoms with Gasteiger partial charge >= 0.3 is 0 Å². The van der Waals surface area contributed by atoms with E-state index in [1.165, 1.54) is 12.8 Å². The topological polar surface area (TPSA) is 37.0 Å². The summed E-state index contributed by atoms with van der Waals surface area (Å²) >= 11 is 11.0. The fourth-order valence-corrected chi connectivity index (χ4v) is 1.55. The minimum Gasteiger partial charge on any atom is -0.360 e. The molecule has 1 heterocycles. The predicted molar refractivity (Wildman–Crippen MR) is 66.4 cm³/mol. The third kappa shape index (κ3) is 3.04. The maximum absolute atomic E-state index is 5.87. The van der Waals surface area contributed by atoms with Gasteiger partial charge in [0.2, 0.25) is 0 Å². The fraction of sp³-hybridized carbons (Fsp3) is 0.400. The van der Waals surface area contributed by atoms with Gasteiger partial charge in [-0.3, -0.25) is 0 Å². The summed E-state index contributed by atoms with van der Waals surface area (Å²) in [6.45, 7) is 1.94. The van der Waals surface area contributed by atoms with Gasteiger partial charge in [0, 0.05) is 12.2 Å². The molecule has 0 aromatic carbocycles. The molecule has 0 saturated heterocycles. The zero-order chi connectivity index (χ0) is 10.8. The van der Waals surface area contributed by atoms with Gasteiger partial charge in [0.15, 0.2) is 5.11 Å². The Balaban J connectivity index is 1.97. The standard InChI is InChI=1S/C10H12ClN3S/c1-6-4-9(12-5-8(6)11)14-10(15)13-7-2-3-7/h4-5,7H,2-3H2,1H3,(H2,12,13,14,15). The molecule has 1 aromatic rings. The number of anilines is 1.